The van der Waals surface area contributed by atoms with E-state index in [0.717, 1.165) is 24.1 Å². The minimum Gasteiger partial charge on any atom is -0.395 e. The van der Waals surface area contributed by atoms with Crippen molar-refractivity contribution >= 4 is 5.69 Å². The molecule has 2 rings (SSSR count). The lowest BCUT2D eigenvalue weighted by Gasteiger charge is -2.37. The topological polar surface area (TPSA) is 49.5 Å². The standard InChI is InChI=1S/C16H25FN2O/c1-12(18)15-11-13(17)7-8-16(15)19(9-10-20)14-5-3-2-4-6-14/h7-8,11-12,14,20H,2-6,9-10,18H2,1H3/t12-/m0/s1. The summed E-state index contributed by atoms with van der Waals surface area (Å²) in [5, 5.41) is 9.37. The number of hydrogen-bond donors (Lipinski definition) is 2. The Morgan fingerprint density at radius 2 is 2.05 bits per heavy atom. The van der Waals surface area contributed by atoms with E-state index in [0.29, 0.717) is 12.6 Å². The molecule has 1 fully saturated rings. The summed E-state index contributed by atoms with van der Waals surface area (Å²) in [5.41, 5.74) is 7.79. The molecular weight excluding hydrogens is 255 g/mol. The molecule has 3 nitrogen and oxygen atoms in total. The summed E-state index contributed by atoms with van der Waals surface area (Å²) in [5.74, 6) is -0.256. The highest BCUT2D eigenvalue weighted by molar-refractivity contribution is 5.56. The summed E-state index contributed by atoms with van der Waals surface area (Å²) >= 11 is 0. The van der Waals surface area contributed by atoms with E-state index in [1.165, 1.54) is 31.4 Å². The smallest absolute Gasteiger partial charge is 0.123 e. The molecule has 0 unspecified atom stereocenters. The second-order valence-electron chi connectivity index (χ2n) is 5.70. The summed E-state index contributed by atoms with van der Waals surface area (Å²) in [6, 6.07) is 5.02. The minimum absolute atomic E-state index is 0.103. The zero-order valence-corrected chi connectivity index (χ0v) is 12.2. The van der Waals surface area contributed by atoms with Crippen LogP contribution in [-0.2, 0) is 0 Å². The maximum absolute atomic E-state index is 13.5. The van der Waals surface area contributed by atoms with Crippen molar-refractivity contribution < 1.29 is 9.50 Å². The van der Waals surface area contributed by atoms with E-state index in [2.05, 4.69) is 4.90 Å². The molecule has 1 aromatic carbocycles. The Bertz CT molecular complexity index is 430. The summed E-state index contributed by atoms with van der Waals surface area (Å²) in [6.07, 6.45) is 6.00. The fourth-order valence-corrected chi connectivity index (χ4v) is 3.15. The highest BCUT2D eigenvalue weighted by Gasteiger charge is 2.23. The van der Waals surface area contributed by atoms with E-state index in [1.807, 2.05) is 6.92 Å². The Hall–Kier alpha value is -1.13. The van der Waals surface area contributed by atoms with Gasteiger partial charge in [-0.25, -0.2) is 4.39 Å². The summed E-state index contributed by atoms with van der Waals surface area (Å²) in [4.78, 5) is 2.22. The first-order chi connectivity index (χ1) is 9.63. The number of anilines is 1. The monoisotopic (exact) mass is 280 g/mol. The molecule has 1 aromatic rings. The summed E-state index contributed by atoms with van der Waals surface area (Å²) in [7, 11) is 0. The number of halogens is 1. The van der Waals surface area contributed by atoms with Crippen LogP contribution in [0, 0.1) is 5.82 Å². The molecule has 0 radical (unpaired) electrons. The fraction of sp³-hybridized carbons (Fsp3) is 0.625. The average molecular weight is 280 g/mol. The third-order valence-electron chi connectivity index (χ3n) is 4.15. The molecule has 4 heteroatoms. The molecule has 1 saturated carbocycles. The Labute approximate surface area is 120 Å². The van der Waals surface area contributed by atoms with Crippen LogP contribution in [0.1, 0.15) is 50.6 Å². The fourth-order valence-electron chi connectivity index (χ4n) is 3.15. The number of hydrogen-bond acceptors (Lipinski definition) is 3. The van der Waals surface area contributed by atoms with Crippen LogP contribution < -0.4 is 10.6 Å². The highest BCUT2D eigenvalue weighted by Crippen LogP contribution is 2.32. The molecule has 1 atom stereocenters. The lowest BCUT2D eigenvalue weighted by molar-refractivity contribution is 0.289. The van der Waals surface area contributed by atoms with Crippen molar-refractivity contribution in [2.24, 2.45) is 5.73 Å². The van der Waals surface area contributed by atoms with Gasteiger partial charge in [0.25, 0.3) is 0 Å². The van der Waals surface area contributed by atoms with Crippen molar-refractivity contribution in [1.29, 1.82) is 0 Å². The van der Waals surface area contributed by atoms with E-state index in [1.54, 1.807) is 6.07 Å². The quantitative estimate of drug-likeness (QED) is 0.871. The number of rotatable bonds is 5. The van der Waals surface area contributed by atoms with E-state index in [9.17, 15) is 9.50 Å². The number of benzene rings is 1. The van der Waals surface area contributed by atoms with Crippen molar-refractivity contribution in [3.8, 4) is 0 Å². The predicted octanol–water partition coefficient (Wildman–Crippen LogP) is 2.98. The molecule has 0 heterocycles. The molecule has 0 saturated heterocycles. The van der Waals surface area contributed by atoms with Crippen LogP contribution in [0.15, 0.2) is 18.2 Å². The second kappa shape index (κ2) is 7.04. The van der Waals surface area contributed by atoms with Gasteiger partial charge in [-0.1, -0.05) is 19.3 Å². The van der Waals surface area contributed by atoms with Gasteiger partial charge in [0.1, 0.15) is 5.82 Å². The third-order valence-corrected chi connectivity index (χ3v) is 4.15. The first-order valence-electron chi connectivity index (χ1n) is 7.56. The minimum atomic E-state index is -0.256. The van der Waals surface area contributed by atoms with E-state index < -0.39 is 0 Å². The van der Waals surface area contributed by atoms with Gasteiger partial charge in [0.2, 0.25) is 0 Å². The molecule has 0 amide bonds. The van der Waals surface area contributed by atoms with Crippen LogP contribution in [0.2, 0.25) is 0 Å². The van der Waals surface area contributed by atoms with Gasteiger partial charge >= 0.3 is 0 Å². The zero-order valence-electron chi connectivity index (χ0n) is 12.2. The van der Waals surface area contributed by atoms with Crippen LogP contribution in [-0.4, -0.2) is 24.3 Å². The normalized spacial score (nSPS) is 18.0. The maximum Gasteiger partial charge on any atom is 0.123 e. The molecular formula is C16H25FN2O. The lowest BCUT2D eigenvalue weighted by Crippen LogP contribution is -2.39. The third kappa shape index (κ3) is 3.49. The molecule has 1 aliphatic carbocycles. The molecule has 0 aliphatic heterocycles. The summed E-state index contributed by atoms with van der Waals surface area (Å²) in [6.45, 7) is 2.55. The van der Waals surface area contributed by atoms with Gasteiger partial charge in [0, 0.05) is 24.3 Å². The van der Waals surface area contributed by atoms with Gasteiger partial charge in [-0.05, 0) is 43.5 Å². The summed E-state index contributed by atoms with van der Waals surface area (Å²) < 4.78 is 13.5. The Balaban J connectivity index is 2.32. The largest absolute Gasteiger partial charge is 0.395 e. The molecule has 0 spiro atoms. The van der Waals surface area contributed by atoms with E-state index in [-0.39, 0.29) is 18.5 Å². The maximum atomic E-state index is 13.5. The molecule has 1 aliphatic rings. The number of aliphatic hydroxyl groups is 1. The van der Waals surface area contributed by atoms with E-state index in [4.69, 9.17) is 5.73 Å². The van der Waals surface area contributed by atoms with Crippen LogP contribution >= 0.6 is 0 Å². The van der Waals surface area contributed by atoms with Gasteiger partial charge in [0.05, 0.1) is 6.61 Å². The van der Waals surface area contributed by atoms with Crippen molar-refractivity contribution in [2.45, 2.75) is 51.1 Å². The predicted molar refractivity (Wildman–Crippen MR) is 80.3 cm³/mol. The molecule has 0 bridgehead atoms. The Kier molecular flexibility index (Phi) is 5.38. The van der Waals surface area contributed by atoms with Crippen molar-refractivity contribution in [3.05, 3.63) is 29.6 Å². The van der Waals surface area contributed by atoms with Crippen molar-refractivity contribution in [3.63, 3.8) is 0 Å². The second-order valence-corrected chi connectivity index (χ2v) is 5.70. The van der Waals surface area contributed by atoms with Gasteiger partial charge in [-0.15, -0.1) is 0 Å². The first-order valence-corrected chi connectivity index (χ1v) is 7.56. The van der Waals surface area contributed by atoms with Crippen molar-refractivity contribution in [1.82, 2.24) is 0 Å². The molecule has 112 valence electrons. The average Bonchev–Trinajstić information content (AvgIpc) is 2.46. The van der Waals surface area contributed by atoms with Crippen LogP contribution in [0.4, 0.5) is 10.1 Å². The highest BCUT2D eigenvalue weighted by atomic mass is 19.1. The number of nitrogens with two attached hydrogens (primary N) is 1. The van der Waals surface area contributed by atoms with Gasteiger partial charge in [-0.2, -0.15) is 0 Å². The van der Waals surface area contributed by atoms with Gasteiger partial charge in [0.15, 0.2) is 0 Å². The van der Waals surface area contributed by atoms with Crippen molar-refractivity contribution in [2.75, 3.05) is 18.1 Å². The van der Waals surface area contributed by atoms with E-state index >= 15 is 0 Å². The van der Waals surface area contributed by atoms with Crippen LogP contribution in [0.3, 0.4) is 0 Å². The first kappa shape index (κ1) is 15.3. The zero-order chi connectivity index (χ0) is 14.5. The number of aliphatic hydroxyl groups excluding tert-OH is 1. The Morgan fingerprint density at radius 1 is 1.35 bits per heavy atom. The van der Waals surface area contributed by atoms with Crippen LogP contribution in [0.25, 0.3) is 0 Å². The van der Waals surface area contributed by atoms with Gasteiger partial charge < -0.3 is 15.7 Å². The van der Waals surface area contributed by atoms with Gasteiger partial charge in [-0.3, -0.25) is 0 Å². The lowest BCUT2D eigenvalue weighted by atomic mass is 9.93. The number of nitrogens with zero attached hydrogens (tertiary/aromatic N) is 1. The molecule has 3 N–H and O–H groups in total. The SMILES string of the molecule is C[C@H](N)c1cc(F)ccc1N(CCO)C1CCCCC1. The Morgan fingerprint density at radius 3 is 2.65 bits per heavy atom. The molecule has 0 aromatic heterocycles. The molecule has 20 heavy (non-hydrogen) atoms. The van der Waals surface area contributed by atoms with Crippen LogP contribution in [0.5, 0.6) is 0 Å².